The lowest BCUT2D eigenvalue weighted by molar-refractivity contribution is -0.0168. The van der Waals surface area contributed by atoms with E-state index >= 15 is 0 Å². The number of hydrogen-bond donors (Lipinski definition) is 1. The monoisotopic (exact) mass is 373 g/mol. The van der Waals surface area contributed by atoms with Crippen LogP contribution in [-0.4, -0.2) is 35.3 Å². The van der Waals surface area contributed by atoms with Crippen LogP contribution >= 0.6 is 11.3 Å². The minimum Gasteiger partial charge on any atom is -0.491 e. The van der Waals surface area contributed by atoms with E-state index in [2.05, 4.69) is 50.8 Å². The van der Waals surface area contributed by atoms with Gasteiger partial charge in [-0.1, -0.05) is 6.07 Å². The minimum atomic E-state index is -0.729. The summed E-state index contributed by atoms with van der Waals surface area (Å²) in [6.45, 7) is 11.9. The van der Waals surface area contributed by atoms with Crippen molar-refractivity contribution in [2.75, 3.05) is 19.7 Å². The molecule has 4 heteroatoms. The van der Waals surface area contributed by atoms with E-state index < -0.39 is 5.60 Å². The average Bonchev–Trinajstić information content (AvgIpc) is 2.79. The fraction of sp³-hybridized carbons (Fsp3) is 0.545. The first kappa shape index (κ1) is 19.4. The van der Waals surface area contributed by atoms with Gasteiger partial charge >= 0.3 is 0 Å². The molecule has 0 radical (unpaired) electrons. The normalized spacial score (nSPS) is 21.6. The van der Waals surface area contributed by atoms with Gasteiger partial charge in [0.15, 0.2) is 0 Å². The smallest absolute Gasteiger partial charge is 0.119 e. The van der Waals surface area contributed by atoms with E-state index in [9.17, 15) is 5.11 Å². The van der Waals surface area contributed by atoms with Crippen LogP contribution in [0.15, 0.2) is 24.3 Å². The Hall–Kier alpha value is -1.36. The average molecular weight is 374 g/mol. The van der Waals surface area contributed by atoms with Gasteiger partial charge < -0.3 is 9.84 Å². The summed E-state index contributed by atoms with van der Waals surface area (Å²) >= 11 is 1.87. The van der Waals surface area contributed by atoms with Crippen molar-refractivity contribution in [1.82, 2.24) is 4.90 Å². The number of aliphatic hydroxyl groups is 1. The number of thiophene rings is 1. The summed E-state index contributed by atoms with van der Waals surface area (Å²) in [6, 6.07) is 8.44. The standard InChI is InChI=1S/C22H31NO2S/c1-16-6-7-21(12-17(16)2)25-15-22(24)8-5-10-23(11-9-22)14-20-13-18(3)26-19(20)4/h6-7,12-13,24H,5,8-11,14-15H2,1-4H3. The van der Waals surface area contributed by atoms with Crippen LogP contribution in [0.2, 0.25) is 0 Å². The van der Waals surface area contributed by atoms with E-state index in [0.717, 1.165) is 44.6 Å². The molecule has 0 spiro atoms. The molecular formula is C22H31NO2S. The Bertz CT molecular complexity index is 755. The predicted octanol–water partition coefficient (Wildman–Crippen LogP) is 4.78. The molecule has 142 valence electrons. The quantitative estimate of drug-likeness (QED) is 0.819. The summed E-state index contributed by atoms with van der Waals surface area (Å²) < 4.78 is 5.95. The van der Waals surface area contributed by atoms with Gasteiger partial charge in [0, 0.05) is 22.8 Å². The topological polar surface area (TPSA) is 32.7 Å². The van der Waals surface area contributed by atoms with Crippen LogP contribution in [-0.2, 0) is 6.54 Å². The van der Waals surface area contributed by atoms with Crippen LogP contribution in [0, 0.1) is 27.7 Å². The Kier molecular flexibility index (Phi) is 6.06. The van der Waals surface area contributed by atoms with Crippen molar-refractivity contribution in [3.63, 3.8) is 0 Å². The van der Waals surface area contributed by atoms with E-state index in [0.29, 0.717) is 6.61 Å². The maximum absolute atomic E-state index is 11.0. The van der Waals surface area contributed by atoms with Crippen LogP contribution in [0.5, 0.6) is 5.75 Å². The largest absolute Gasteiger partial charge is 0.491 e. The van der Waals surface area contributed by atoms with Crippen molar-refractivity contribution in [3.05, 3.63) is 50.7 Å². The first-order chi connectivity index (χ1) is 12.3. The van der Waals surface area contributed by atoms with Crippen LogP contribution < -0.4 is 4.74 Å². The Labute approximate surface area is 161 Å². The summed E-state index contributed by atoms with van der Waals surface area (Å²) in [6.07, 6.45) is 2.57. The van der Waals surface area contributed by atoms with E-state index in [-0.39, 0.29) is 0 Å². The number of benzene rings is 1. The van der Waals surface area contributed by atoms with Gasteiger partial charge in [0.25, 0.3) is 0 Å². The lowest BCUT2D eigenvalue weighted by Crippen LogP contribution is -2.37. The third-order valence-corrected chi connectivity index (χ3v) is 6.54. The zero-order valence-electron chi connectivity index (χ0n) is 16.5. The van der Waals surface area contributed by atoms with Gasteiger partial charge in [0.1, 0.15) is 12.4 Å². The van der Waals surface area contributed by atoms with Gasteiger partial charge in [-0.15, -0.1) is 11.3 Å². The second-order valence-electron chi connectivity index (χ2n) is 7.83. The highest BCUT2D eigenvalue weighted by Gasteiger charge is 2.31. The number of rotatable bonds is 5. The van der Waals surface area contributed by atoms with E-state index in [4.69, 9.17) is 4.74 Å². The summed E-state index contributed by atoms with van der Waals surface area (Å²) in [5, 5.41) is 11.0. The van der Waals surface area contributed by atoms with Gasteiger partial charge in [0.2, 0.25) is 0 Å². The maximum Gasteiger partial charge on any atom is 0.119 e. The molecule has 26 heavy (non-hydrogen) atoms. The van der Waals surface area contributed by atoms with Crippen LogP contribution in [0.4, 0.5) is 0 Å². The second kappa shape index (κ2) is 8.12. The van der Waals surface area contributed by atoms with Gasteiger partial charge in [-0.3, -0.25) is 4.90 Å². The first-order valence-electron chi connectivity index (χ1n) is 9.55. The van der Waals surface area contributed by atoms with Crippen molar-refractivity contribution in [3.8, 4) is 5.75 Å². The molecule has 2 heterocycles. The molecule has 0 amide bonds. The number of ether oxygens (including phenoxy) is 1. The van der Waals surface area contributed by atoms with Crippen molar-refractivity contribution >= 4 is 11.3 Å². The predicted molar refractivity (Wildman–Crippen MR) is 109 cm³/mol. The Morgan fingerprint density at radius 3 is 2.58 bits per heavy atom. The minimum absolute atomic E-state index is 0.375. The van der Waals surface area contributed by atoms with Gasteiger partial charge in [0.05, 0.1) is 5.60 Å². The molecule has 1 unspecified atom stereocenters. The molecule has 1 N–H and O–H groups in total. The third-order valence-electron chi connectivity index (χ3n) is 5.53. The fourth-order valence-electron chi connectivity index (χ4n) is 3.64. The molecule has 0 aliphatic carbocycles. The molecule has 1 fully saturated rings. The van der Waals surface area contributed by atoms with Crippen LogP contribution in [0.1, 0.15) is 45.7 Å². The Morgan fingerprint density at radius 2 is 1.88 bits per heavy atom. The molecule has 1 aliphatic heterocycles. The molecule has 3 rings (SSSR count). The van der Waals surface area contributed by atoms with Crippen LogP contribution in [0.25, 0.3) is 0 Å². The summed E-state index contributed by atoms with van der Waals surface area (Å²) in [5.41, 5.74) is 3.19. The maximum atomic E-state index is 11.0. The third kappa shape index (κ3) is 4.87. The molecule has 3 nitrogen and oxygen atoms in total. The molecule has 1 atom stereocenters. The zero-order chi connectivity index (χ0) is 18.7. The van der Waals surface area contributed by atoms with E-state index in [1.165, 1.54) is 26.4 Å². The van der Waals surface area contributed by atoms with Gasteiger partial charge in [-0.05, 0) is 88.4 Å². The Balaban J connectivity index is 1.56. The molecule has 1 aromatic carbocycles. The SMILES string of the molecule is Cc1cc(CN2CCCC(O)(COc3ccc(C)c(C)c3)CC2)c(C)s1. The van der Waals surface area contributed by atoms with Gasteiger partial charge in [-0.25, -0.2) is 0 Å². The Morgan fingerprint density at radius 1 is 1.08 bits per heavy atom. The molecule has 0 bridgehead atoms. The molecule has 0 saturated carbocycles. The lowest BCUT2D eigenvalue weighted by atomic mass is 9.96. The zero-order valence-corrected chi connectivity index (χ0v) is 17.3. The summed E-state index contributed by atoms with van der Waals surface area (Å²) in [5.74, 6) is 0.854. The highest BCUT2D eigenvalue weighted by Crippen LogP contribution is 2.27. The number of nitrogens with zero attached hydrogens (tertiary/aromatic N) is 1. The molecule has 1 aromatic heterocycles. The molecule has 1 saturated heterocycles. The van der Waals surface area contributed by atoms with Crippen molar-refractivity contribution < 1.29 is 9.84 Å². The summed E-state index contributed by atoms with van der Waals surface area (Å²) in [7, 11) is 0. The summed E-state index contributed by atoms with van der Waals surface area (Å²) in [4.78, 5) is 5.27. The van der Waals surface area contributed by atoms with Crippen molar-refractivity contribution in [2.45, 2.75) is 59.1 Å². The van der Waals surface area contributed by atoms with Crippen molar-refractivity contribution in [1.29, 1.82) is 0 Å². The molecular weight excluding hydrogens is 342 g/mol. The van der Waals surface area contributed by atoms with Crippen LogP contribution in [0.3, 0.4) is 0 Å². The van der Waals surface area contributed by atoms with E-state index in [1.807, 2.05) is 17.4 Å². The number of likely N-dealkylation sites (tertiary alicyclic amines) is 1. The van der Waals surface area contributed by atoms with Gasteiger partial charge in [-0.2, -0.15) is 0 Å². The highest BCUT2D eigenvalue weighted by molar-refractivity contribution is 7.12. The first-order valence-corrected chi connectivity index (χ1v) is 10.4. The fourth-order valence-corrected chi connectivity index (χ4v) is 4.58. The number of aryl methyl sites for hydroxylation is 4. The molecule has 2 aromatic rings. The number of hydrogen-bond acceptors (Lipinski definition) is 4. The highest BCUT2D eigenvalue weighted by atomic mass is 32.1. The second-order valence-corrected chi connectivity index (χ2v) is 9.29. The van der Waals surface area contributed by atoms with Crippen molar-refractivity contribution in [2.24, 2.45) is 0 Å². The lowest BCUT2D eigenvalue weighted by Gasteiger charge is -2.27. The van der Waals surface area contributed by atoms with E-state index in [1.54, 1.807) is 0 Å². The molecule has 1 aliphatic rings.